The van der Waals surface area contributed by atoms with Crippen molar-refractivity contribution in [1.29, 1.82) is 0 Å². The van der Waals surface area contributed by atoms with E-state index in [1.165, 1.54) is 24.2 Å². The minimum absolute atomic E-state index is 0.275. The Morgan fingerprint density at radius 2 is 2.19 bits per heavy atom. The van der Waals surface area contributed by atoms with E-state index in [-0.39, 0.29) is 5.91 Å². The molecule has 0 atom stereocenters. The minimum Gasteiger partial charge on any atom is -0.475 e. The van der Waals surface area contributed by atoms with Crippen molar-refractivity contribution in [1.82, 2.24) is 14.9 Å². The largest absolute Gasteiger partial charge is 0.475 e. The molecule has 1 aliphatic heterocycles. The molecule has 1 saturated heterocycles. The van der Waals surface area contributed by atoms with Gasteiger partial charge in [-0.25, -0.2) is 9.97 Å². The molecule has 0 radical (unpaired) electrons. The molecule has 8 heteroatoms. The highest BCUT2D eigenvalue weighted by atomic mass is 32.1. The molecule has 1 fully saturated rings. The summed E-state index contributed by atoms with van der Waals surface area (Å²) in [7, 11) is 1.60. The van der Waals surface area contributed by atoms with E-state index in [0.717, 1.165) is 31.2 Å². The summed E-state index contributed by atoms with van der Waals surface area (Å²) in [5, 5.41) is 5.45. The second-order valence-corrected chi connectivity index (χ2v) is 7.61. The summed E-state index contributed by atoms with van der Waals surface area (Å²) in [4.78, 5) is 23.7. The lowest BCUT2D eigenvalue weighted by Crippen LogP contribution is -2.32. The predicted molar refractivity (Wildman–Crippen MR) is 105 cm³/mol. The zero-order valence-corrected chi connectivity index (χ0v) is 16.6. The number of ether oxygens (including phenoxy) is 2. The van der Waals surface area contributed by atoms with Crippen LogP contribution in [0.4, 0.5) is 5.13 Å². The summed E-state index contributed by atoms with van der Waals surface area (Å²) in [5.41, 5.74) is 1.38. The van der Waals surface area contributed by atoms with E-state index in [0.29, 0.717) is 29.8 Å². The molecule has 2 aromatic heterocycles. The third-order valence-corrected chi connectivity index (χ3v) is 5.38. The van der Waals surface area contributed by atoms with Crippen LogP contribution in [0.2, 0.25) is 0 Å². The van der Waals surface area contributed by atoms with Crippen LogP contribution in [0.3, 0.4) is 0 Å². The zero-order chi connectivity index (χ0) is 19.1. The van der Waals surface area contributed by atoms with Crippen molar-refractivity contribution in [3.63, 3.8) is 0 Å². The molecule has 1 aliphatic rings. The number of likely N-dealkylation sites (tertiary alicyclic amines) is 1. The number of aromatic nitrogens is 2. The quantitative estimate of drug-likeness (QED) is 0.698. The smallest absolute Gasteiger partial charge is 0.262 e. The van der Waals surface area contributed by atoms with E-state index in [4.69, 9.17) is 9.47 Å². The molecule has 3 rings (SSSR count). The van der Waals surface area contributed by atoms with Crippen molar-refractivity contribution >= 4 is 22.4 Å². The molecule has 146 valence electrons. The average molecular weight is 391 g/mol. The number of hydrogen-bond donors (Lipinski definition) is 1. The van der Waals surface area contributed by atoms with Crippen LogP contribution in [0.25, 0.3) is 0 Å². The Morgan fingerprint density at radius 3 is 2.96 bits per heavy atom. The fraction of sp³-hybridized carbons (Fsp3) is 0.526. The van der Waals surface area contributed by atoms with Gasteiger partial charge < -0.3 is 9.47 Å². The second kappa shape index (κ2) is 9.77. The van der Waals surface area contributed by atoms with Crippen LogP contribution in [-0.2, 0) is 11.3 Å². The number of rotatable bonds is 8. The Labute approximate surface area is 163 Å². The first kappa shape index (κ1) is 19.7. The number of carbonyl (C=O) groups is 1. The number of piperidine rings is 1. The maximum absolute atomic E-state index is 12.6. The first-order chi connectivity index (χ1) is 13.2. The Hall–Kier alpha value is -2.03. The minimum atomic E-state index is -0.275. The number of nitrogens with zero attached hydrogens (tertiary/aromatic N) is 3. The van der Waals surface area contributed by atoms with Gasteiger partial charge in [-0.15, -0.1) is 11.3 Å². The molecule has 2 aromatic rings. The van der Waals surface area contributed by atoms with Crippen molar-refractivity contribution in [2.24, 2.45) is 5.92 Å². The molecule has 0 aliphatic carbocycles. The van der Waals surface area contributed by atoms with Gasteiger partial charge in [0.2, 0.25) is 5.88 Å². The molecule has 0 aromatic carbocycles. The fourth-order valence-electron chi connectivity index (χ4n) is 2.95. The Balaban J connectivity index is 1.58. The molecule has 0 saturated carbocycles. The van der Waals surface area contributed by atoms with Crippen LogP contribution < -0.4 is 10.1 Å². The average Bonchev–Trinajstić information content (AvgIpc) is 3.11. The number of carbonyl (C=O) groups excluding carboxylic acids is 1. The van der Waals surface area contributed by atoms with E-state index >= 15 is 0 Å². The van der Waals surface area contributed by atoms with Gasteiger partial charge in [-0.05, 0) is 44.0 Å². The lowest BCUT2D eigenvalue weighted by atomic mass is 9.99. The SMILES string of the molecule is COCCOc1ncccc1C(=O)Nc1nc(CN2CCC(C)CC2)cs1. The molecule has 1 N–H and O–H groups in total. The number of nitrogens with one attached hydrogen (secondary N) is 1. The lowest BCUT2D eigenvalue weighted by Gasteiger charge is -2.29. The van der Waals surface area contributed by atoms with Crippen LogP contribution in [-0.4, -0.2) is 54.2 Å². The van der Waals surface area contributed by atoms with Crippen LogP contribution in [0, 0.1) is 5.92 Å². The van der Waals surface area contributed by atoms with Crippen LogP contribution in [0.5, 0.6) is 5.88 Å². The topological polar surface area (TPSA) is 76.6 Å². The zero-order valence-electron chi connectivity index (χ0n) is 15.8. The van der Waals surface area contributed by atoms with Gasteiger partial charge in [-0.2, -0.15) is 0 Å². The van der Waals surface area contributed by atoms with Crippen molar-refractivity contribution in [3.8, 4) is 5.88 Å². The molecule has 7 nitrogen and oxygen atoms in total. The van der Waals surface area contributed by atoms with Crippen LogP contribution >= 0.6 is 11.3 Å². The number of pyridine rings is 1. The van der Waals surface area contributed by atoms with E-state index in [1.54, 1.807) is 25.4 Å². The third-order valence-electron chi connectivity index (χ3n) is 4.58. The maximum atomic E-state index is 12.6. The third kappa shape index (κ3) is 5.72. The monoisotopic (exact) mass is 390 g/mol. The second-order valence-electron chi connectivity index (χ2n) is 6.75. The molecule has 0 bridgehead atoms. The Bertz CT molecular complexity index is 744. The lowest BCUT2D eigenvalue weighted by molar-refractivity contribution is 0.101. The van der Waals surface area contributed by atoms with Crippen molar-refractivity contribution in [2.75, 3.05) is 38.7 Å². The molecular formula is C19H26N4O3S. The molecular weight excluding hydrogens is 364 g/mol. The molecule has 0 spiro atoms. The maximum Gasteiger partial charge on any atom is 0.262 e. The van der Waals surface area contributed by atoms with Crippen molar-refractivity contribution in [3.05, 3.63) is 35.0 Å². The van der Waals surface area contributed by atoms with Gasteiger partial charge in [0.05, 0.1) is 12.3 Å². The van der Waals surface area contributed by atoms with Crippen LogP contribution in [0.1, 0.15) is 35.8 Å². The number of methoxy groups -OCH3 is 1. The molecule has 27 heavy (non-hydrogen) atoms. The normalized spacial score (nSPS) is 15.6. The summed E-state index contributed by atoms with van der Waals surface area (Å²) >= 11 is 1.44. The van der Waals surface area contributed by atoms with Gasteiger partial charge >= 0.3 is 0 Å². The van der Waals surface area contributed by atoms with E-state index in [9.17, 15) is 4.79 Å². The molecule has 1 amide bonds. The number of amides is 1. The van der Waals surface area contributed by atoms with E-state index < -0.39 is 0 Å². The van der Waals surface area contributed by atoms with Crippen molar-refractivity contribution in [2.45, 2.75) is 26.3 Å². The van der Waals surface area contributed by atoms with Gasteiger partial charge in [0, 0.05) is 25.2 Å². The Kier molecular flexibility index (Phi) is 7.14. The first-order valence-electron chi connectivity index (χ1n) is 9.20. The van der Waals surface area contributed by atoms with Gasteiger partial charge in [-0.3, -0.25) is 15.0 Å². The predicted octanol–water partition coefficient (Wildman–Crippen LogP) is 3.05. The van der Waals surface area contributed by atoms with E-state index in [1.807, 2.05) is 5.38 Å². The number of thiazole rings is 1. The first-order valence-corrected chi connectivity index (χ1v) is 10.1. The number of hydrogen-bond acceptors (Lipinski definition) is 7. The summed E-state index contributed by atoms with van der Waals surface area (Å²) in [6, 6.07) is 3.40. The highest BCUT2D eigenvalue weighted by molar-refractivity contribution is 7.14. The van der Waals surface area contributed by atoms with Gasteiger partial charge in [0.1, 0.15) is 12.2 Å². The van der Waals surface area contributed by atoms with Gasteiger partial charge in [-0.1, -0.05) is 6.92 Å². The summed E-state index contributed by atoms with van der Waals surface area (Å²) < 4.78 is 10.5. The summed E-state index contributed by atoms with van der Waals surface area (Å²) in [6.45, 7) is 6.12. The molecule has 3 heterocycles. The molecule has 0 unspecified atom stereocenters. The summed E-state index contributed by atoms with van der Waals surface area (Å²) in [6.07, 6.45) is 4.07. The Morgan fingerprint density at radius 1 is 1.37 bits per heavy atom. The van der Waals surface area contributed by atoms with Gasteiger partial charge in [0.25, 0.3) is 5.91 Å². The van der Waals surface area contributed by atoms with Crippen LogP contribution in [0.15, 0.2) is 23.7 Å². The number of anilines is 1. The van der Waals surface area contributed by atoms with Gasteiger partial charge in [0.15, 0.2) is 5.13 Å². The van der Waals surface area contributed by atoms with E-state index in [2.05, 4.69) is 27.1 Å². The highest BCUT2D eigenvalue weighted by Crippen LogP contribution is 2.22. The highest BCUT2D eigenvalue weighted by Gasteiger charge is 2.18. The standard InChI is InChI=1S/C19H26N4O3S/c1-14-5-8-23(9-6-14)12-15-13-27-19(21-15)22-17(24)16-4-3-7-20-18(16)26-11-10-25-2/h3-4,7,13-14H,5-6,8-12H2,1-2H3,(H,21,22,24). The van der Waals surface area contributed by atoms with Crippen molar-refractivity contribution < 1.29 is 14.3 Å². The summed E-state index contributed by atoms with van der Waals surface area (Å²) in [5.74, 6) is 0.834. The fourth-order valence-corrected chi connectivity index (χ4v) is 3.65.